The third-order valence-electron chi connectivity index (χ3n) is 6.87. The molecule has 2 aliphatic rings. The number of rotatable bonds is 4. The lowest BCUT2D eigenvalue weighted by atomic mass is 9.89. The number of aryl methyl sites for hydroxylation is 1. The lowest BCUT2D eigenvalue weighted by Gasteiger charge is -2.23. The van der Waals surface area contributed by atoms with Crippen molar-refractivity contribution in [2.45, 2.75) is 45.2 Å². The fourth-order valence-electron chi connectivity index (χ4n) is 4.95. The summed E-state index contributed by atoms with van der Waals surface area (Å²) in [6, 6.07) is 2.57. The predicted molar refractivity (Wildman–Crippen MR) is 129 cm³/mol. The van der Waals surface area contributed by atoms with Gasteiger partial charge in [-0.3, -0.25) is 0 Å². The van der Waals surface area contributed by atoms with Gasteiger partial charge in [0.25, 0.3) is 0 Å². The molecule has 1 saturated heterocycles. The molecule has 2 N–H and O–H groups in total. The summed E-state index contributed by atoms with van der Waals surface area (Å²) in [4.78, 5) is 20.4. The molecule has 34 heavy (non-hydrogen) atoms. The molecule has 1 fully saturated rings. The zero-order valence-corrected chi connectivity index (χ0v) is 20.1. The fraction of sp³-hybridized carbons (Fsp3) is 0.542. The second-order valence-electron chi connectivity index (χ2n) is 9.39. The van der Waals surface area contributed by atoms with Crippen LogP contribution < -0.4 is 10.6 Å². The van der Waals surface area contributed by atoms with E-state index in [0.717, 1.165) is 86.7 Å². The topological polar surface area (TPSA) is 71.2 Å². The molecule has 3 aromatic heterocycles. The van der Waals surface area contributed by atoms with Crippen LogP contribution in [0.1, 0.15) is 41.6 Å². The summed E-state index contributed by atoms with van der Waals surface area (Å²) >= 11 is 1.77. The van der Waals surface area contributed by atoms with Gasteiger partial charge in [-0.15, -0.1) is 11.3 Å². The Hall–Kier alpha value is -2.46. The Labute approximate surface area is 201 Å². The van der Waals surface area contributed by atoms with Crippen LogP contribution in [0.15, 0.2) is 18.3 Å². The zero-order valence-electron chi connectivity index (χ0n) is 19.2. The van der Waals surface area contributed by atoms with E-state index in [1.165, 1.54) is 22.9 Å². The maximum absolute atomic E-state index is 12.8. The third-order valence-corrected chi connectivity index (χ3v) is 8.02. The Balaban J connectivity index is 1.21. The number of pyridine rings is 1. The summed E-state index contributed by atoms with van der Waals surface area (Å²) in [7, 11) is 0. The smallest absolute Gasteiger partial charge is 0.383 e. The number of thiophene rings is 1. The number of nitrogens with two attached hydrogens (primary N) is 1. The van der Waals surface area contributed by atoms with Gasteiger partial charge in [0.05, 0.1) is 10.9 Å². The van der Waals surface area contributed by atoms with Crippen molar-refractivity contribution < 1.29 is 13.2 Å². The SMILES string of the molecule is C[C@H]1CCc2c(sc3nc(CCN4CCCN(c5ccc(C(F)(F)F)cn5)CC4)nc(N)c23)C1. The summed E-state index contributed by atoms with van der Waals surface area (Å²) < 4.78 is 38.4. The molecular formula is C24H29F3N6S. The highest BCUT2D eigenvalue weighted by atomic mass is 32.1. The van der Waals surface area contributed by atoms with Gasteiger partial charge in [0.15, 0.2) is 0 Å². The van der Waals surface area contributed by atoms with Crippen LogP contribution in [-0.4, -0.2) is 52.6 Å². The van der Waals surface area contributed by atoms with Gasteiger partial charge >= 0.3 is 6.18 Å². The lowest BCUT2D eigenvalue weighted by molar-refractivity contribution is -0.137. The van der Waals surface area contributed by atoms with E-state index in [9.17, 15) is 13.2 Å². The Morgan fingerprint density at radius 3 is 2.76 bits per heavy atom. The minimum Gasteiger partial charge on any atom is -0.383 e. The van der Waals surface area contributed by atoms with Gasteiger partial charge in [-0.25, -0.2) is 15.0 Å². The van der Waals surface area contributed by atoms with E-state index < -0.39 is 11.7 Å². The first kappa shape index (κ1) is 23.3. The van der Waals surface area contributed by atoms with Gasteiger partial charge in [0, 0.05) is 43.7 Å². The molecule has 1 atom stereocenters. The Morgan fingerprint density at radius 2 is 2.00 bits per heavy atom. The van der Waals surface area contributed by atoms with Crippen LogP contribution in [0.3, 0.4) is 0 Å². The number of aromatic nitrogens is 3. The molecule has 0 spiro atoms. The van der Waals surface area contributed by atoms with Crippen molar-refractivity contribution in [1.82, 2.24) is 19.9 Å². The molecule has 0 aromatic carbocycles. The molecule has 1 aliphatic carbocycles. The van der Waals surface area contributed by atoms with Crippen LogP contribution in [-0.2, 0) is 25.4 Å². The summed E-state index contributed by atoms with van der Waals surface area (Å²) in [5, 5.41) is 1.06. The summed E-state index contributed by atoms with van der Waals surface area (Å²) in [5.41, 5.74) is 7.01. The Kier molecular flexibility index (Phi) is 6.37. The van der Waals surface area contributed by atoms with Crippen LogP contribution in [0.4, 0.5) is 24.8 Å². The number of halogens is 3. The monoisotopic (exact) mass is 490 g/mol. The molecule has 1 aliphatic heterocycles. The van der Waals surface area contributed by atoms with Gasteiger partial charge in [0.1, 0.15) is 22.3 Å². The first-order valence-electron chi connectivity index (χ1n) is 11.8. The fourth-order valence-corrected chi connectivity index (χ4v) is 6.36. The van der Waals surface area contributed by atoms with E-state index in [2.05, 4.69) is 26.7 Å². The molecular weight excluding hydrogens is 461 g/mol. The second kappa shape index (κ2) is 9.30. The van der Waals surface area contributed by atoms with Crippen molar-refractivity contribution >= 4 is 33.2 Å². The molecule has 0 unspecified atom stereocenters. The lowest BCUT2D eigenvalue weighted by Crippen LogP contribution is -2.32. The van der Waals surface area contributed by atoms with E-state index >= 15 is 0 Å². The molecule has 182 valence electrons. The first-order chi connectivity index (χ1) is 16.3. The molecule has 0 amide bonds. The number of hydrogen-bond acceptors (Lipinski definition) is 7. The van der Waals surface area contributed by atoms with Crippen molar-refractivity contribution in [2.75, 3.05) is 43.4 Å². The molecule has 5 rings (SSSR count). The molecule has 0 saturated carbocycles. The van der Waals surface area contributed by atoms with E-state index in [0.29, 0.717) is 17.6 Å². The minimum absolute atomic E-state index is 0.590. The van der Waals surface area contributed by atoms with E-state index in [1.807, 2.05) is 0 Å². The molecule has 4 heterocycles. The number of alkyl halides is 3. The van der Waals surface area contributed by atoms with Crippen molar-refractivity contribution in [3.8, 4) is 0 Å². The number of nitrogens with zero attached hydrogens (tertiary/aromatic N) is 5. The van der Waals surface area contributed by atoms with Gasteiger partial charge in [-0.05, 0) is 55.8 Å². The van der Waals surface area contributed by atoms with Crippen LogP contribution in [0, 0.1) is 5.92 Å². The van der Waals surface area contributed by atoms with Crippen molar-refractivity contribution in [1.29, 1.82) is 0 Å². The standard InChI is InChI=1S/C24H29F3N6S/c1-15-3-5-17-18(13-15)34-23-21(17)22(28)30-19(31-23)7-10-32-8-2-9-33(12-11-32)20-6-4-16(14-29-20)24(25,26)27/h4,6,14-15H,2-3,5,7-13H2,1H3,(H2,28,30,31)/t15-/m0/s1. The predicted octanol–water partition coefficient (Wildman–Crippen LogP) is 4.57. The normalized spacial score (nSPS) is 19.9. The minimum atomic E-state index is -4.36. The highest BCUT2D eigenvalue weighted by Gasteiger charge is 2.31. The highest BCUT2D eigenvalue weighted by molar-refractivity contribution is 7.19. The molecule has 10 heteroatoms. The van der Waals surface area contributed by atoms with E-state index in [4.69, 9.17) is 10.7 Å². The van der Waals surface area contributed by atoms with E-state index in [1.54, 1.807) is 11.3 Å². The van der Waals surface area contributed by atoms with Crippen LogP contribution in [0.2, 0.25) is 0 Å². The van der Waals surface area contributed by atoms with Gasteiger partial charge < -0.3 is 15.5 Å². The van der Waals surface area contributed by atoms with Gasteiger partial charge in [-0.2, -0.15) is 13.2 Å². The van der Waals surface area contributed by atoms with Crippen molar-refractivity contribution in [2.24, 2.45) is 5.92 Å². The molecule has 6 nitrogen and oxygen atoms in total. The highest BCUT2D eigenvalue weighted by Crippen LogP contribution is 2.39. The van der Waals surface area contributed by atoms with Crippen molar-refractivity contribution in [3.63, 3.8) is 0 Å². The molecule has 0 radical (unpaired) electrons. The number of nitrogen functional groups attached to an aromatic ring is 1. The average molecular weight is 491 g/mol. The zero-order chi connectivity index (χ0) is 23.9. The first-order valence-corrected chi connectivity index (χ1v) is 12.7. The van der Waals surface area contributed by atoms with Crippen LogP contribution in [0.25, 0.3) is 10.2 Å². The Bertz CT molecular complexity index is 1160. The summed E-state index contributed by atoms with van der Waals surface area (Å²) in [5.74, 6) is 2.67. The summed E-state index contributed by atoms with van der Waals surface area (Å²) in [6.07, 6.45) is 1.53. The number of fused-ring (bicyclic) bond motifs is 3. The largest absolute Gasteiger partial charge is 0.417 e. The van der Waals surface area contributed by atoms with Gasteiger partial charge in [0.2, 0.25) is 0 Å². The average Bonchev–Trinajstić information content (AvgIpc) is 2.99. The van der Waals surface area contributed by atoms with Crippen molar-refractivity contribution in [3.05, 3.63) is 40.2 Å². The maximum Gasteiger partial charge on any atom is 0.417 e. The maximum atomic E-state index is 12.8. The van der Waals surface area contributed by atoms with E-state index in [-0.39, 0.29) is 0 Å². The quantitative estimate of drug-likeness (QED) is 0.578. The number of anilines is 2. The molecule has 3 aromatic rings. The Morgan fingerprint density at radius 1 is 1.15 bits per heavy atom. The second-order valence-corrected chi connectivity index (χ2v) is 10.5. The van der Waals surface area contributed by atoms with Crippen LogP contribution in [0.5, 0.6) is 0 Å². The molecule has 0 bridgehead atoms. The van der Waals surface area contributed by atoms with Gasteiger partial charge in [-0.1, -0.05) is 6.92 Å². The number of hydrogen-bond donors (Lipinski definition) is 1. The third kappa shape index (κ3) is 4.84. The van der Waals surface area contributed by atoms with Crippen LogP contribution >= 0.6 is 11.3 Å². The summed E-state index contributed by atoms with van der Waals surface area (Å²) in [6.45, 7) is 6.33.